The Morgan fingerprint density at radius 2 is 2.12 bits per heavy atom. The number of aryl methyl sites for hydroxylation is 1. The van der Waals surface area contributed by atoms with E-state index in [9.17, 15) is 14.4 Å². The Bertz CT molecular complexity index is 800. The second kappa shape index (κ2) is 8.70. The highest BCUT2D eigenvalue weighted by atomic mass is 32.2. The number of carbonyl (C=O) groups is 3. The van der Waals surface area contributed by atoms with Gasteiger partial charge in [-0.15, -0.1) is 4.47 Å². The minimum absolute atomic E-state index is 0.00137. The largest absolute Gasteiger partial charge is 0.465 e. The van der Waals surface area contributed by atoms with Crippen LogP contribution in [0.15, 0.2) is 27.8 Å². The van der Waals surface area contributed by atoms with Crippen LogP contribution in [0.2, 0.25) is 0 Å². The molecule has 2 unspecified atom stereocenters. The maximum atomic E-state index is 12.4. The third-order valence-electron chi connectivity index (χ3n) is 3.66. The highest BCUT2D eigenvalue weighted by molar-refractivity contribution is 7.89. The van der Waals surface area contributed by atoms with Gasteiger partial charge in [-0.1, -0.05) is 6.07 Å². The first-order valence-corrected chi connectivity index (χ1v) is 9.41. The number of hydrogen-bond acceptors (Lipinski definition) is 5. The number of benzene rings is 1. The second-order valence-electron chi connectivity index (χ2n) is 5.98. The number of rotatable bonds is 5. The van der Waals surface area contributed by atoms with E-state index in [1.807, 2.05) is 20.8 Å². The Labute approximate surface area is 154 Å². The van der Waals surface area contributed by atoms with E-state index in [2.05, 4.69) is 24.9 Å². The van der Waals surface area contributed by atoms with E-state index in [1.54, 1.807) is 18.2 Å². The average molecular weight is 378 g/mol. The molecule has 2 atom stereocenters. The molecule has 1 saturated heterocycles. The predicted octanol–water partition coefficient (Wildman–Crippen LogP) is 1.76. The van der Waals surface area contributed by atoms with E-state index in [-0.39, 0.29) is 18.2 Å². The van der Waals surface area contributed by atoms with Crippen LogP contribution in [0, 0.1) is 6.92 Å². The fourth-order valence-electron chi connectivity index (χ4n) is 2.26. The summed E-state index contributed by atoms with van der Waals surface area (Å²) in [5.74, 6) is -0.605. The average Bonchev–Trinajstić information content (AvgIpc) is 2.94. The molecule has 0 aliphatic carbocycles. The maximum absolute atomic E-state index is 12.4. The van der Waals surface area contributed by atoms with Crippen molar-refractivity contribution in [3.63, 3.8) is 0 Å². The monoisotopic (exact) mass is 378 g/mol. The summed E-state index contributed by atoms with van der Waals surface area (Å²) in [6.07, 6.45) is -0.00137. The van der Waals surface area contributed by atoms with Gasteiger partial charge in [0.15, 0.2) is 0 Å². The van der Waals surface area contributed by atoms with Crippen molar-refractivity contribution in [3.8, 4) is 0 Å². The van der Waals surface area contributed by atoms with Crippen molar-refractivity contribution in [2.75, 3.05) is 18.3 Å². The first kappa shape index (κ1) is 19.8. The maximum Gasteiger partial charge on any atom is 0.337 e. The molecule has 8 nitrogen and oxygen atoms in total. The summed E-state index contributed by atoms with van der Waals surface area (Å²) in [5.41, 5.74) is 2.44. The van der Waals surface area contributed by atoms with Gasteiger partial charge in [0.1, 0.15) is 5.25 Å². The Morgan fingerprint density at radius 1 is 1.38 bits per heavy atom. The van der Waals surface area contributed by atoms with E-state index >= 15 is 0 Å². The molecule has 0 spiro atoms. The molecule has 1 heterocycles. The topological polar surface area (TPSA) is 109 Å². The first-order valence-electron chi connectivity index (χ1n) is 8.00. The third-order valence-corrected chi connectivity index (χ3v) is 5.43. The lowest BCUT2D eigenvalue weighted by atomic mass is 10.1. The van der Waals surface area contributed by atoms with Gasteiger partial charge >= 0.3 is 5.97 Å². The van der Waals surface area contributed by atoms with Crippen LogP contribution >= 0.6 is 0 Å². The zero-order valence-corrected chi connectivity index (χ0v) is 16.0. The zero-order chi connectivity index (χ0) is 19.3. The van der Waals surface area contributed by atoms with Gasteiger partial charge in [-0.25, -0.2) is 4.79 Å². The smallest absolute Gasteiger partial charge is 0.337 e. The van der Waals surface area contributed by atoms with Crippen LogP contribution in [0.1, 0.15) is 36.2 Å². The SMILES string of the molecule is COC(=O)c1ccc(C)c(NC(=O)CC2C(=O)NC/S2=N\N=C(C)C)c1. The number of ether oxygens (including phenoxy) is 1. The molecule has 2 N–H and O–H groups in total. The van der Waals surface area contributed by atoms with E-state index in [1.165, 1.54) is 7.11 Å². The van der Waals surface area contributed by atoms with Gasteiger partial charge in [0, 0.05) is 17.8 Å². The van der Waals surface area contributed by atoms with Crippen molar-refractivity contribution in [2.45, 2.75) is 32.4 Å². The lowest BCUT2D eigenvalue weighted by Gasteiger charge is -2.12. The molecular formula is C17H22N4O4S. The van der Waals surface area contributed by atoms with Crippen LogP contribution in [0.25, 0.3) is 0 Å². The third kappa shape index (κ3) is 4.98. The van der Waals surface area contributed by atoms with Crippen molar-refractivity contribution in [2.24, 2.45) is 9.57 Å². The van der Waals surface area contributed by atoms with Gasteiger partial charge < -0.3 is 15.4 Å². The van der Waals surface area contributed by atoms with Gasteiger partial charge in [0.05, 0.1) is 18.6 Å². The molecule has 2 amide bonds. The molecule has 1 fully saturated rings. The lowest BCUT2D eigenvalue weighted by Crippen LogP contribution is -2.29. The summed E-state index contributed by atoms with van der Waals surface area (Å²) in [7, 11) is 0.625. The highest BCUT2D eigenvalue weighted by Crippen LogP contribution is 2.19. The summed E-state index contributed by atoms with van der Waals surface area (Å²) >= 11 is 0. The number of nitrogens with zero attached hydrogens (tertiary/aromatic N) is 2. The number of esters is 1. The molecule has 0 bridgehead atoms. The van der Waals surface area contributed by atoms with Crippen LogP contribution in [-0.2, 0) is 25.0 Å². The Kier molecular flexibility index (Phi) is 6.62. The minimum atomic E-state index is -0.671. The summed E-state index contributed by atoms with van der Waals surface area (Å²) < 4.78 is 8.86. The molecule has 2 rings (SSSR count). The zero-order valence-electron chi connectivity index (χ0n) is 15.2. The van der Waals surface area contributed by atoms with Crippen LogP contribution in [0.5, 0.6) is 0 Å². The quantitative estimate of drug-likeness (QED) is 0.462. The van der Waals surface area contributed by atoms with Gasteiger partial charge in [0.2, 0.25) is 11.8 Å². The van der Waals surface area contributed by atoms with E-state index in [0.29, 0.717) is 17.1 Å². The first-order chi connectivity index (χ1) is 12.3. The number of methoxy groups -OCH3 is 1. The number of hydrogen-bond donors (Lipinski definition) is 2. The van der Waals surface area contributed by atoms with Gasteiger partial charge in [-0.3, -0.25) is 9.59 Å². The van der Waals surface area contributed by atoms with Gasteiger partial charge in [-0.2, -0.15) is 5.10 Å². The molecular weight excluding hydrogens is 356 g/mol. The molecule has 9 heteroatoms. The summed E-state index contributed by atoms with van der Waals surface area (Å²) in [5, 5.41) is 8.96. The lowest BCUT2D eigenvalue weighted by molar-refractivity contribution is -0.123. The van der Waals surface area contributed by atoms with Crippen molar-refractivity contribution in [1.82, 2.24) is 5.32 Å². The molecule has 0 radical (unpaired) electrons. The van der Waals surface area contributed by atoms with E-state index in [0.717, 1.165) is 11.3 Å². The minimum Gasteiger partial charge on any atom is -0.465 e. The fourth-order valence-corrected chi connectivity index (χ4v) is 3.87. The number of amides is 2. The summed E-state index contributed by atoms with van der Waals surface area (Å²) in [6.45, 7) is 5.45. The molecule has 0 aromatic heterocycles. The summed E-state index contributed by atoms with van der Waals surface area (Å²) in [4.78, 5) is 36.1. The Hall–Kier alpha value is -2.55. The van der Waals surface area contributed by atoms with Crippen LogP contribution in [-0.4, -0.2) is 41.7 Å². The van der Waals surface area contributed by atoms with E-state index in [4.69, 9.17) is 0 Å². The molecule has 1 aliphatic rings. The number of anilines is 1. The number of carbonyl (C=O) groups excluding carboxylic acids is 3. The van der Waals surface area contributed by atoms with Crippen molar-refractivity contribution < 1.29 is 19.1 Å². The van der Waals surface area contributed by atoms with Gasteiger partial charge in [0.25, 0.3) is 0 Å². The van der Waals surface area contributed by atoms with Crippen LogP contribution < -0.4 is 10.6 Å². The molecule has 26 heavy (non-hydrogen) atoms. The van der Waals surface area contributed by atoms with Crippen LogP contribution in [0.3, 0.4) is 0 Å². The number of nitrogens with one attached hydrogen (secondary N) is 2. The molecule has 1 aromatic rings. The van der Waals surface area contributed by atoms with E-state index < -0.39 is 21.9 Å². The standard InChI is InChI=1S/C17H22N4O4S/c1-10(2)20-21-26-9-18-16(23)14(26)8-15(22)19-13-7-12(17(24)25-4)6-5-11(13)3/h5-7,14H,8-9H2,1-4H3,(H,18,23)(H,19,22). The fraction of sp³-hybridized carbons (Fsp3) is 0.412. The predicted molar refractivity (Wildman–Crippen MR) is 101 cm³/mol. The molecule has 1 aliphatic heterocycles. The second-order valence-corrected chi connectivity index (χ2v) is 7.80. The molecule has 0 saturated carbocycles. The Balaban J connectivity index is 2.13. The molecule has 140 valence electrons. The van der Waals surface area contributed by atoms with Gasteiger partial charge in [-0.05, 0) is 49.2 Å². The van der Waals surface area contributed by atoms with Crippen LogP contribution in [0.4, 0.5) is 5.69 Å². The summed E-state index contributed by atoms with van der Waals surface area (Å²) in [6, 6.07) is 4.91. The van der Waals surface area contributed by atoms with Crippen molar-refractivity contribution >= 4 is 39.9 Å². The van der Waals surface area contributed by atoms with Crippen molar-refractivity contribution in [1.29, 1.82) is 0 Å². The normalized spacial score (nSPS) is 19.0. The highest BCUT2D eigenvalue weighted by Gasteiger charge is 2.32. The Morgan fingerprint density at radius 3 is 2.77 bits per heavy atom. The molecule has 1 aromatic carbocycles. The van der Waals surface area contributed by atoms with Crippen molar-refractivity contribution in [3.05, 3.63) is 29.3 Å².